The molecule has 0 amide bonds. The van der Waals surface area contributed by atoms with Gasteiger partial charge in [-0.2, -0.15) is 0 Å². The summed E-state index contributed by atoms with van der Waals surface area (Å²) in [5, 5.41) is 0. The van der Waals surface area contributed by atoms with Crippen molar-refractivity contribution in [1.82, 2.24) is 0 Å². The van der Waals surface area contributed by atoms with Crippen molar-refractivity contribution >= 4 is 24.0 Å². The zero-order chi connectivity index (χ0) is 9.61. The van der Waals surface area contributed by atoms with E-state index in [1.165, 1.54) is 0 Å². The Bertz CT molecular complexity index is 116. The third-order valence-corrected chi connectivity index (χ3v) is 6.17. The van der Waals surface area contributed by atoms with Crippen molar-refractivity contribution in [2.75, 3.05) is 28.4 Å². The summed E-state index contributed by atoms with van der Waals surface area (Å²) in [5.74, 6) is 0. The molecule has 0 aliphatic rings. The maximum Gasteiger partial charge on any atom is 0.897 e. The van der Waals surface area contributed by atoms with E-state index in [-0.39, 0.29) is 0 Å². The van der Waals surface area contributed by atoms with Crippen LogP contribution in [0.25, 0.3) is 0 Å². The molecule has 0 heterocycles. The van der Waals surface area contributed by atoms with E-state index < -0.39 is 24.0 Å². The lowest BCUT2D eigenvalue weighted by Crippen LogP contribution is -2.46. The van der Waals surface area contributed by atoms with Crippen LogP contribution in [0, 0.1) is 0 Å². The highest BCUT2D eigenvalue weighted by Gasteiger charge is 2.42. The molecule has 0 saturated carbocycles. The maximum absolute atomic E-state index is 5.42. The molecule has 0 aliphatic carbocycles. The highest BCUT2D eigenvalue weighted by atomic mass is 28.4. The SMILES string of the molecule is C[O][Al]([O]C)[O][Si](C)(OC)OC. The van der Waals surface area contributed by atoms with E-state index in [1.807, 2.05) is 0 Å². The summed E-state index contributed by atoms with van der Waals surface area (Å²) in [5.41, 5.74) is 0. The third-order valence-electron chi connectivity index (χ3n) is 1.44. The molecule has 0 aliphatic heterocycles. The monoisotopic (exact) mass is 210 g/mol. The largest absolute Gasteiger partial charge is 0.897 e. The Hall–Kier alpha value is 0.549. The minimum Gasteiger partial charge on any atom is -0.457 e. The third kappa shape index (κ3) is 3.98. The Morgan fingerprint density at radius 2 is 1.33 bits per heavy atom. The molecule has 0 rings (SSSR count). The topological polar surface area (TPSA) is 46.2 Å². The van der Waals surface area contributed by atoms with Crippen LogP contribution in [0.4, 0.5) is 0 Å². The average molecular weight is 210 g/mol. The molecule has 5 nitrogen and oxygen atoms in total. The first kappa shape index (κ1) is 12.5. The maximum atomic E-state index is 5.42. The van der Waals surface area contributed by atoms with Gasteiger partial charge in [0.05, 0.1) is 0 Å². The minimum atomic E-state index is -2.49. The normalized spacial score (nSPS) is 11.8. The Balaban J connectivity index is 3.99. The molecule has 12 heavy (non-hydrogen) atoms. The zero-order valence-electron chi connectivity index (χ0n) is 8.12. The number of rotatable bonds is 6. The molecule has 0 spiro atoms. The average Bonchev–Trinajstić information content (AvgIpc) is 2.14. The highest BCUT2D eigenvalue weighted by Crippen LogP contribution is 2.08. The van der Waals surface area contributed by atoms with Crippen LogP contribution >= 0.6 is 0 Å². The van der Waals surface area contributed by atoms with Crippen molar-refractivity contribution in [2.45, 2.75) is 6.55 Å². The van der Waals surface area contributed by atoms with Gasteiger partial charge in [-0.05, 0) is 0 Å². The molecule has 0 unspecified atom stereocenters. The van der Waals surface area contributed by atoms with Crippen LogP contribution in [0.3, 0.4) is 0 Å². The molecule has 0 aromatic rings. The molecule has 0 saturated heterocycles. The van der Waals surface area contributed by atoms with E-state index in [0.29, 0.717) is 0 Å². The molecule has 0 aromatic carbocycles. The molecule has 0 N–H and O–H groups in total. The van der Waals surface area contributed by atoms with Crippen LogP contribution in [-0.2, 0) is 19.9 Å². The van der Waals surface area contributed by atoms with Gasteiger partial charge in [0.15, 0.2) is 0 Å². The first-order valence-corrected chi connectivity index (χ1v) is 7.09. The van der Waals surface area contributed by atoms with Crippen LogP contribution < -0.4 is 0 Å². The minimum absolute atomic E-state index is 1.54. The number of hydrogen-bond donors (Lipinski definition) is 0. The molecule has 0 bridgehead atoms. The fraction of sp³-hybridized carbons (Fsp3) is 1.00. The lowest BCUT2D eigenvalue weighted by atomic mass is 11.8. The Morgan fingerprint density at radius 3 is 1.58 bits per heavy atom. The molecule has 0 fully saturated rings. The summed E-state index contributed by atoms with van der Waals surface area (Å²) in [4.78, 5) is 0. The van der Waals surface area contributed by atoms with Gasteiger partial charge in [-0.15, -0.1) is 0 Å². The first-order valence-electron chi connectivity index (χ1n) is 3.45. The fourth-order valence-electron chi connectivity index (χ4n) is 0.547. The molecule has 72 valence electrons. The van der Waals surface area contributed by atoms with Crippen molar-refractivity contribution in [2.24, 2.45) is 0 Å². The molecule has 7 heteroatoms. The van der Waals surface area contributed by atoms with Crippen molar-refractivity contribution in [3.8, 4) is 0 Å². The van der Waals surface area contributed by atoms with Gasteiger partial charge in [-0.3, -0.25) is 0 Å². The molecule has 0 aromatic heterocycles. The van der Waals surface area contributed by atoms with Gasteiger partial charge in [-0.1, -0.05) is 0 Å². The van der Waals surface area contributed by atoms with Crippen molar-refractivity contribution in [3.05, 3.63) is 0 Å². The van der Waals surface area contributed by atoms with Crippen LogP contribution in [0.1, 0.15) is 0 Å². The fourth-order valence-corrected chi connectivity index (χ4v) is 3.84. The van der Waals surface area contributed by atoms with E-state index in [4.69, 9.17) is 19.9 Å². The molecule has 0 radical (unpaired) electrons. The van der Waals surface area contributed by atoms with Gasteiger partial charge in [0.2, 0.25) is 0 Å². The van der Waals surface area contributed by atoms with E-state index >= 15 is 0 Å². The van der Waals surface area contributed by atoms with Crippen LogP contribution in [-0.4, -0.2) is 52.4 Å². The highest BCUT2D eigenvalue weighted by molar-refractivity contribution is 6.66. The quantitative estimate of drug-likeness (QED) is 0.584. The Kier molecular flexibility index (Phi) is 6.35. The lowest BCUT2D eigenvalue weighted by Gasteiger charge is -2.24. The van der Waals surface area contributed by atoms with E-state index in [1.54, 1.807) is 35.0 Å². The second-order valence-corrected chi connectivity index (χ2v) is 7.15. The van der Waals surface area contributed by atoms with Gasteiger partial charge in [0.1, 0.15) is 0 Å². The summed E-state index contributed by atoms with van der Waals surface area (Å²) in [6.45, 7) is 1.78. The van der Waals surface area contributed by atoms with Crippen LogP contribution in [0.2, 0.25) is 6.55 Å². The predicted octanol–water partition coefficient (Wildman–Crippen LogP) is 0.142. The van der Waals surface area contributed by atoms with Gasteiger partial charge in [-0.25, -0.2) is 0 Å². The Morgan fingerprint density at radius 1 is 0.917 bits per heavy atom. The van der Waals surface area contributed by atoms with Gasteiger partial charge >= 0.3 is 24.0 Å². The number of hydrogen-bond acceptors (Lipinski definition) is 5. The van der Waals surface area contributed by atoms with Gasteiger partial charge < -0.3 is 19.9 Å². The Labute approximate surface area is 79.3 Å². The lowest BCUT2D eigenvalue weighted by molar-refractivity contribution is 0.115. The van der Waals surface area contributed by atoms with Crippen LogP contribution in [0.15, 0.2) is 0 Å². The first-order chi connectivity index (χ1) is 5.61. The van der Waals surface area contributed by atoms with Gasteiger partial charge in [0.25, 0.3) is 0 Å². The van der Waals surface area contributed by atoms with Crippen molar-refractivity contribution in [1.29, 1.82) is 0 Å². The summed E-state index contributed by atoms with van der Waals surface area (Å²) < 4.78 is 25.5. The summed E-state index contributed by atoms with van der Waals surface area (Å²) in [7, 11) is 3.69. The van der Waals surface area contributed by atoms with E-state index in [2.05, 4.69) is 0 Å². The summed E-state index contributed by atoms with van der Waals surface area (Å²) in [6.07, 6.45) is 0. The van der Waals surface area contributed by atoms with E-state index in [0.717, 1.165) is 0 Å². The molecular weight excluding hydrogens is 195 g/mol. The summed E-state index contributed by atoms with van der Waals surface area (Å²) in [6, 6.07) is 0. The zero-order valence-corrected chi connectivity index (χ0v) is 10.3. The van der Waals surface area contributed by atoms with Crippen LogP contribution in [0.5, 0.6) is 0 Å². The summed E-state index contributed by atoms with van der Waals surface area (Å²) >= 11 is -2.04. The second kappa shape index (κ2) is 6.07. The second-order valence-electron chi connectivity index (χ2n) is 2.15. The van der Waals surface area contributed by atoms with Gasteiger partial charge in [0, 0.05) is 35.0 Å². The van der Waals surface area contributed by atoms with Crippen molar-refractivity contribution < 1.29 is 19.9 Å². The predicted molar refractivity (Wildman–Crippen MR) is 46.5 cm³/mol. The van der Waals surface area contributed by atoms with E-state index in [9.17, 15) is 0 Å². The molecular formula is C5H15AlO5Si. The smallest absolute Gasteiger partial charge is 0.457 e. The van der Waals surface area contributed by atoms with Crippen molar-refractivity contribution in [3.63, 3.8) is 0 Å². The standard InChI is InChI=1S/C3H9O3Si.2CH3O.Al/c1-5-7(3,4)6-2;2*1-2;/h1-3H3;2*1H3;/q3*-1;+3. The molecule has 0 atom stereocenters.